The number of fused-ring (bicyclic) bond motifs is 2. The molecule has 0 fully saturated rings. The number of hydrogen-bond acceptors (Lipinski definition) is 8. The van der Waals surface area contributed by atoms with Crippen molar-refractivity contribution in [3.8, 4) is 45.6 Å². The van der Waals surface area contributed by atoms with Gasteiger partial charge in [0.25, 0.3) is 0 Å². The van der Waals surface area contributed by atoms with Crippen LogP contribution in [0.15, 0.2) is 57.9 Å². The van der Waals surface area contributed by atoms with Crippen LogP contribution in [0.5, 0.6) is 34.5 Å². The van der Waals surface area contributed by atoms with E-state index >= 15 is 0 Å². The highest BCUT2D eigenvalue weighted by molar-refractivity contribution is 5.87. The minimum Gasteiger partial charge on any atom is -0.493 e. The largest absolute Gasteiger partial charge is 0.493 e. The molecule has 3 aromatic carbocycles. The minimum absolute atomic E-state index is 0.0271. The second-order valence-electron chi connectivity index (χ2n) is 7.98. The average Bonchev–Trinajstić information content (AvgIpc) is 3.37. The van der Waals surface area contributed by atoms with Crippen molar-refractivity contribution < 1.29 is 32.8 Å². The van der Waals surface area contributed by atoms with Crippen molar-refractivity contribution in [2.24, 2.45) is 0 Å². The standard InChI is InChI=1S/C27H24O8/c1-15-5-7-16(8-6-15)12-32-22-10-18-20(11-21(22)29-2)33-13-19(24(18)28)17-9-23(30-3)26-27(25(17)31-4)35-14-34-26/h5-11,13H,12,14H2,1-4H3. The molecule has 2 heterocycles. The molecule has 0 bridgehead atoms. The van der Waals surface area contributed by atoms with Crippen molar-refractivity contribution in [1.29, 1.82) is 0 Å². The maximum Gasteiger partial charge on any atom is 0.231 e. The van der Waals surface area contributed by atoms with Gasteiger partial charge in [0.05, 0.1) is 32.3 Å². The van der Waals surface area contributed by atoms with Gasteiger partial charge in [-0.2, -0.15) is 0 Å². The SMILES string of the molecule is COc1cc2occ(-c3cc(OC)c4c(c3OC)OCO4)c(=O)c2cc1OCc1ccc(C)cc1. The maximum atomic E-state index is 13.6. The highest BCUT2D eigenvalue weighted by atomic mass is 16.7. The molecule has 0 atom stereocenters. The molecule has 1 aliphatic heterocycles. The number of benzene rings is 3. The number of rotatable bonds is 7. The zero-order valence-electron chi connectivity index (χ0n) is 19.8. The van der Waals surface area contributed by atoms with Gasteiger partial charge < -0.3 is 32.8 Å². The Kier molecular flexibility index (Phi) is 5.86. The van der Waals surface area contributed by atoms with Crippen molar-refractivity contribution in [2.45, 2.75) is 13.5 Å². The molecule has 4 aromatic rings. The predicted molar refractivity (Wildman–Crippen MR) is 129 cm³/mol. The number of aryl methyl sites for hydroxylation is 1. The first kappa shape index (κ1) is 22.5. The summed E-state index contributed by atoms with van der Waals surface area (Å²) in [5.41, 5.74) is 2.99. The quantitative estimate of drug-likeness (QED) is 0.364. The summed E-state index contributed by atoms with van der Waals surface area (Å²) in [7, 11) is 4.55. The van der Waals surface area contributed by atoms with Gasteiger partial charge in [0.1, 0.15) is 18.5 Å². The first-order valence-electron chi connectivity index (χ1n) is 10.9. The van der Waals surface area contributed by atoms with Crippen LogP contribution in [0.3, 0.4) is 0 Å². The lowest BCUT2D eigenvalue weighted by atomic mass is 10.0. The molecule has 8 heteroatoms. The molecule has 0 radical (unpaired) electrons. The lowest BCUT2D eigenvalue weighted by molar-refractivity contribution is 0.168. The van der Waals surface area contributed by atoms with Crippen molar-refractivity contribution in [1.82, 2.24) is 0 Å². The van der Waals surface area contributed by atoms with Gasteiger partial charge in [0.15, 0.2) is 23.0 Å². The van der Waals surface area contributed by atoms with Crippen LogP contribution in [0.25, 0.3) is 22.1 Å². The van der Waals surface area contributed by atoms with Crippen molar-refractivity contribution in [3.05, 3.63) is 70.1 Å². The van der Waals surface area contributed by atoms with Crippen molar-refractivity contribution in [3.63, 3.8) is 0 Å². The summed E-state index contributed by atoms with van der Waals surface area (Å²) in [5.74, 6) is 2.47. The van der Waals surface area contributed by atoms with Crippen LogP contribution in [0.4, 0.5) is 0 Å². The lowest BCUT2D eigenvalue weighted by Crippen LogP contribution is -2.07. The summed E-state index contributed by atoms with van der Waals surface area (Å²) in [6.45, 7) is 2.37. The second kappa shape index (κ2) is 9.13. The van der Waals surface area contributed by atoms with Crippen LogP contribution in [-0.2, 0) is 6.61 Å². The zero-order chi connectivity index (χ0) is 24.5. The van der Waals surface area contributed by atoms with Crippen LogP contribution in [0.1, 0.15) is 11.1 Å². The van der Waals surface area contributed by atoms with E-state index in [4.69, 9.17) is 32.8 Å². The highest BCUT2D eigenvalue weighted by Crippen LogP contribution is 2.52. The topological polar surface area (TPSA) is 85.6 Å². The second-order valence-corrected chi connectivity index (χ2v) is 7.98. The Bertz CT molecular complexity index is 1450. The number of methoxy groups -OCH3 is 3. The van der Waals surface area contributed by atoms with E-state index in [1.54, 1.807) is 18.2 Å². The third-order valence-corrected chi connectivity index (χ3v) is 5.85. The van der Waals surface area contributed by atoms with Crippen molar-refractivity contribution in [2.75, 3.05) is 28.1 Å². The molecule has 180 valence electrons. The molecular formula is C27H24O8. The van der Waals surface area contributed by atoms with Gasteiger partial charge >= 0.3 is 0 Å². The molecule has 1 aromatic heterocycles. The predicted octanol–water partition coefficient (Wildman–Crippen LogP) is 5.10. The first-order chi connectivity index (χ1) is 17.0. The van der Waals surface area contributed by atoms with Gasteiger partial charge in [-0.05, 0) is 24.6 Å². The molecule has 0 amide bonds. The fourth-order valence-electron chi connectivity index (χ4n) is 4.01. The van der Waals surface area contributed by atoms with Crippen LogP contribution >= 0.6 is 0 Å². The van der Waals surface area contributed by atoms with E-state index < -0.39 is 0 Å². The van der Waals surface area contributed by atoms with E-state index in [1.807, 2.05) is 31.2 Å². The molecule has 0 aliphatic carbocycles. The number of hydrogen-bond donors (Lipinski definition) is 0. The highest BCUT2D eigenvalue weighted by Gasteiger charge is 2.29. The maximum absolute atomic E-state index is 13.6. The van der Waals surface area contributed by atoms with Gasteiger partial charge in [-0.15, -0.1) is 0 Å². The summed E-state index contributed by atoms with van der Waals surface area (Å²) in [6.07, 6.45) is 1.39. The van der Waals surface area contributed by atoms with Gasteiger partial charge in [-0.1, -0.05) is 29.8 Å². The Morgan fingerprint density at radius 3 is 2.29 bits per heavy atom. The fourth-order valence-corrected chi connectivity index (χ4v) is 4.01. The lowest BCUT2D eigenvalue weighted by Gasteiger charge is -2.15. The third kappa shape index (κ3) is 3.97. The zero-order valence-corrected chi connectivity index (χ0v) is 19.8. The molecule has 0 unspecified atom stereocenters. The number of ether oxygens (including phenoxy) is 6. The summed E-state index contributed by atoms with van der Waals surface area (Å²) in [5, 5.41) is 0.334. The average molecular weight is 476 g/mol. The van der Waals surface area contributed by atoms with Crippen LogP contribution in [0.2, 0.25) is 0 Å². The summed E-state index contributed by atoms with van der Waals surface area (Å²) >= 11 is 0. The summed E-state index contributed by atoms with van der Waals surface area (Å²) in [6, 6.07) is 13.0. The Morgan fingerprint density at radius 2 is 1.57 bits per heavy atom. The Hall–Kier alpha value is -4.33. The van der Waals surface area contributed by atoms with E-state index in [1.165, 1.54) is 27.6 Å². The summed E-state index contributed by atoms with van der Waals surface area (Å²) < 4.78 is 39.5. The monoisotopic (exact) mass is 476 g/mol. The van der Waals surface area contributed by atoms with Crippen LogP contribution < -0.4 is 33.8 Å². The van der Waals surface area contributed by atoms with E-state index in [9.17, 15) is 4.79 Å². The van der Waals surface area contributed by atoms with E-state index in [-0.39, 0.29) is 17.8 Å². The summed E-state index contributed by atoms with van der Waals surface area (Å²) in [4.78, 5) is 13.6. The van der Waals surface area contributed by atoms with Crippen LogP contribution in [0, 0.1) is 6.92 Å². The smallest absolute Gasteiger partial charge is 0.231 e. The van der Waals surface area contributed by atoms with Gasteiger partial charge in [0.2, 0.25) is 23.7 Å². The molecule has 8 nitrogen and oxygen atoms in total. The first-order valence-corrected chi connectivity index (χ1v) is 10.9. The van der Waals surface area contributed by atoms with Gasteiger partial charge in [-0.3, -0.25) is 4.79 Å². The van der Waals surface area contributed by atoms with Crippen LogP contribution in [-0.4, -0.2) is 28.1 Å². The Morgan fingerprint density at radius 1 is 0.829 bits per heavy atom. The van der Waals surface area contributed by atoms with Gasteiger partial charge in [0, 0.05) is 11.6 Å². The fraction of sp³-hybridized carbons (Fsp3) is 0.222. The molecule has 5 rings (SSSR count). The normalized spacial score (nSPS) is 12.0. The molecule has 0 saturated heterocycles. The molecule has 0 N–H and O–H groups in total. The van der Waals surface area contributed by atoms with E-state index in [0.717, 1.165) is 11.1 Å². The van der Waals surface area contributed by atoms with Crippen molar-refractivity contribution >= 4 is 11.0 Å². The third-order valence-electron chi connectivity index (χ3n) is 5.85. The molecule has 0 saturated carbocycles. The minimum atomic E-state index is -0.270. The molecular weight excluding hydrogens is 452 g/mol. The van der Waals surface area contributed by atoms with E-state index in [0.29, 0.717) is 57.6 Å². The molecule has 1 aliphatic rings. The van der Waals surface area contributed by atoms with E-state index in [2.05, 4.69) is 0 Å². The molecule has 0 spiro atoms. The van der Waals surface area contributed by atoms with Gasteiger partial charge in [-0.25, -0.2) is 0 Å². The Balaban J connectivity index is 1.61. The molecule has 35 heavy (non-hydrogen) atoms. The Labute approximate surface area is 201 Å².